The molecule has 0 aliphatic rings. The van der Waals surface area contributed by atoms with E-state index in [4.69, 9.17) is 9.47 Å². The lowest BCUT2D eigenvalue weighted by Gasteiger charge is -2.13. The van der Waals surface area contributed by atoms with E-state index in [1.165, 1.54) is 25.7 Å². The summed E-state index contributed by atoms with van der Waals surface area (Å²) in [6.07, 6.45) is 0.451. The fourth-order valence-electron chi connectivity index (χ4n) is 1.98. The van der Waals surface area contributed by atoms with E-state index in [9.17, 15) is 14.9 Å². The number of nitrogens with zero attached hydrogens (tertiary/aromatic N) is 1. The summed E-state index contributed by atoms with van der Waals surface area (Å²) in [7, 11) is 1.52. The fourth-order valence-corrected chi connectivity index (χ4v) is 1.98. The molecular weight excluding hydrogens is 320 g/mol. The van der Waals surface area contributed by atoms with Gasteiger partial charge in [0.25, 0.3) is 5.91 Å². The first-order valence-corrected chi connectivity index (χ1v) is 8.08. The van der Waals surface area contributed by atoms with Crippen LogP contribution in [0.15, 0.2) is 29.8 Å². The monoisotopic (exact) mass is 344 g/mol. The highest BCUT2D eigenvalue weighted by atomic mass is 16.5. The van der Waals surface area contributed by atoms with Crippen LogP contribution in [0.2, 0.25) is 0 Å². The number of nitrogens with one attached hydrogen (secondary N) is 1. The van der Waals surface area contributed by atoms with Gasteiger partial charge in [0.2, 0.25) is 0 Å². The highest BCUT2D eigenvalue weighted by molar-refractivity contribution is 5.99. The highest BCUT2D eigenvalue weighted by Gasteiger charge is 2.20. The molecule has 0 radical (unpaired) electrons. The van der Waals surface area contributed by atoms with E-state index in [1.54, 1.807) is 0 Å². The first kappa shape index (κ1) is 20.4. The van der Waals surface area contributed by atoms with Gasteiger partial charge in [-0.3, -0.25) is 4.79 Å². The van der Waals surface area contributed by atoms with Crippen molar-refractivity contribution < 1.29 is 19.1 Å². The molecule has 6 heteroatoms. The van der Waals surface area contributed by atoms with Crippen molar-refractivity contribution in [1.82, 2.24) is 5.32 Å². The number of hydrogen-bond acceptors (Lipinski definition) is 5. The second-order valence-corrected chi connectivity index (χ2v) is 5.82. The maximum Gasteiger partial charge on any atom is 0.349 e. The van der Waals surface area contributed by atoms with E-state index in [0.717, 1.165) is 5.56 Å². The van der Waals surface area contributed by atoms with Crippen LogP contribution in [0.3, 0.4) is 0 Å². The van der Waals surface area contributed by atoms with E-state index < -0.39 is 18.0 Å². The Balaban J connectivity index is 2.73. The van der Waals surface area contributed by atoms with Crippen molar-refractivity contribution in [1.29, 1.82) is 5.26 Å². The van der Waals surface area contributed by atoms with Crippen LogP contribution in [0, 0.1) is 11.3 Å². The van der Waals surface area contributed by atoms with Crippen LogP contribution in [-0.2, 0) is 19.1 Å². The summed E-state index contributed by atoms with van der Waals surface area (Å²) in [5.41, 5.74) is 1.73. The van der Waals surface area contributed by atoms with Crippen molar-refractivity contribution in [3.8, 4) is 6.07 Å². The average Bonchev–Trinajstić information content (AvgIpc) is 2.59. The van der Waals surface area contributed by atoms with Crippen molar-refractivity contribution in [2.24, 2.45) is 0 Å². The third-order valence-corrected chi connectivity index (χ3v) is 3.51. The zero-order valence-electron chi connectivity index (χ0n) is 15.0. The minimum atomic E-state index is -0.996. The van der Waals surface area contributed by atoms with Crippen molar-refractivity contribution >= 4 is 18.0 Å². The third-order valence-electron chi connectivity index (χ3n) is 3.51. The Kier molecular flexibility index (Phi) is 8.37. The summed E-state index contributed by atoms with van der Waals surface area (Å²) in [5.74, 6) is -0.871. The van der Waals surface area contributed by atoms with Gasteiger partial charge in [-0.15, -0.1) is 0 Å². The molecule has 0 aromatic heterocycles. The second-order valence-electron chi connectivity index (χ2n) is 5.82. The van der Waals surface area contributed by atoms with Crippen LogP contribution in [0.5, 0.6) is 0 Å². The Morgan fingerprint density at radius 1 is 1.24 bits per heavy atom. The van der Waals surface area contributed by atoms with Gasteiger partial charge in [-0.1, -0.05) is 38.1 Å². The van der Waals surface area contributed by atoms with Crippen molar-refractivity contribution in [3.63, 3.8) is 0 Å². The minimum absolute atomic E-state index is 0.158. The molecule has 0 aliphatic heterocycles. The summed E-state index contributed by atoms with van der Waals surface area (Å²) in [6.45, 7) is 6.30. The summed E-state index contributed by atoms with van der Waals surface area (Å²) in [6, 6.07) is 9.38. The SMILES string of the molecule is COCCNC(=O)[C@H](C)OC(=O)/C(C#N)=C/c1ccc(C(C)C)cc1. The lowest BCUT2D eigenvalue weighted by Crippen LogP contribution is -2.37. The van der Waals surface area contributed by atoms with Crippen LogP contribution in [0.1, 0.15) is 37.8 Å². The van der Waals surface area contributed by atoms with Gasteiger partial charge in [0.05, 0.1) is 6.61 Å². The fraction of sp³-hybridized carbons (Fsp3) is 0.421. The van der Waals surface area contributed by atoms with Gasteiger partial charge in [-0.25, -0.2) is 4.79 Å². The quantitative estimate of drug-likeness (QED) is 0.339. The standard InChI is InChI=1S/C19H24N2O4/c1-13(2)16-7-5-15(6-8-16)11-17(12-20)19(23)25-14(3)18(22)21-9-10-24-4/h5-8,11,13-14H,9-10H2,1-4H3,(H,21,22)/b17-11+/t14-/m0/s1. The second kappa shape index (κ2) is 10.3. The van der Waals surface area contributed by atoms with E-state index >= 15 is 0 Å². The molecule has 134 valence electrons. The zero-order chi connectivity index (χ0) is 18.8. The lowest BCUT2D eigenvalue weighted by molar-refractivity contribution is -0.150. The third kappa shape index (κ3) is 6.77. The molecule has 0 saturated heterocycles. The van der Waals surface area contributed by atoms with Crippen LogP contribution in [-0.4, -0.2) is 38.2 Å². The predicted octanol–water partition coefficient (Wildman–Crippen LogP) is 2.41. The normalized spacial score (nSPS) is 12.4. The molecular formula is C19H24N2O4. The average molecular weight is 344 g/mol. The smallest absolute Gasteiger partial charge is 0.349 e. The molecule has 0 heterocycles. The molecule has 1 rings (SSSR count). The molecule has 0 fully saturated rings. The number of benzene rings is 1. The van der Waals surface area contributed by atoms with Gasteiger partial charge in [0, 0.05) is 13.7 Å². The molecule has 0 saturated carbocycles. The Morgan fingerprint density at radius 3 is 2.40 bits per heavy atom. The number of amides is 1. The number of hydrogen-bond donors (Lipinski definition) is 1. The van der Waals surface area contributed by atoms with Gasteiger partial charge in [-0.05, 0) is 30.0 Å². The van der Waals surface area contributed by atoms with E-state index in [-0.39, 0.29) is 5.57 Å². The number of carbonyl (C=O) groups excluding carboxylic acids is 2. The Bertz CT molecular complexity index is 657. The number of ether oxygens (including phenoxy) is 2. The zero-order valence-corrected chi connectivity index (χ0v) is 15.0. The molecule has 1 aromatic rings. The number of rotatable bonds is 8. The summed E-state index contributed by atoms with van der Waals surface area (Å²) >= 11 is 0. The van der Waals surface area contributed by atoms with Crippen LogP contribution in [0.4, 0.5) is 0 Å². The van der Waals surface area contributed by atoms with Crippen LogP contribution >= 0.6 is 0 Å². The molecule has 0 unspecified atom stereocenters. The van der Waals surface area contributed by atoms with Crippen molar-refractivity contribution in [2.75, 3.05) is 20.3 Å². The maximum absolute atomic E-state index is 12.1. The van der Waals surface area contributed by atoms with Gasteiger partial charge in [0.1, 0.15) is 11.6 Å². The van der Waals surface area contributed by atoms with Gasteiger partial charge in [-0.2, -0.15) is 5.26 Å². The lowest BCUT2D eigenvalue weighted by atomic mass is 10.0. The predicted molar refractivity (Wildman–Crippen MR) is 94.6 cm³/mol. The molecule has 25 heavy (non-hydrogen) atoms. The van der Waals surface area contributed by atoms with Gasteiger partial charge >= 0.3 is 5.97 Å². The number of esters is 1. The molecule has 6 nitrogen and oxygen atoms in total. The molecule has 1 N–H and O–H groups in total. The van der Waals surface area contributed by atoms with E-state index in [2.05, 4.69) is 19.2 Å². The molecule has 0 bridgehead atoms. The molecule has 1 atom stereocenters. The Morgan fingerprint density at radius 2 is 1.88 bits per heavy atom. The van der Waals surface area contributed by atoms with Crippen molar-refractivity contribution in [2.45, 2.75) is 32.8 Å². The van der Waals surface area contributed by atoms with Crippen LogP contribution in [0.25, 0.3) is 6.08 Å². The largest absolute Gasteiger partial charge is 0.448 e. The van der Waals surface area contributed by atoms with Gasteiger partial charge in [0.15, 0.2) is 6.10 Å². The van der Waals surface area contributed by atoms with Gasteiger partial charge < -0.3 is 14.8 Å². The minimum Gasteiger partial charge on any atom is -0.448 e. The number of methoxy groups -OCH3 is 1. The molecule has 1 amide bonds. The van der Waals surface area contributed by atoms with E-state index in [1.807, 2.05) is 30.3 Å². The Labute approximate surface area is 148 Å². The first-order chi connectivity index (χ1) is 11.9. The summed E-state index contributed by atoms with van der Waals surface area (Å²) in [5, 5.41) is 11.8. The Hall–Kier alpha value is -2.65. The van der Waals surface area contributed by atoms with Crippen LogP contribution < -0.4 is 5.32 Å². The highest BCUT2D eigenvalue weighted by Crippen LogP contribution is 2.16. The topological polar surface area (TPSA) is 88.4 Å². The first-order valence-electron chi connectivity index (χ1n) is 8.08. The number of carbonyl (C=O) groups is 2. The molecule has 0 aliphatic carbocycles. The van der Waals surface area contributed by atoms with Crippen molar-refractivity contribution in [3.05, 3.63) is 41.0 Å². The number of nitriles is 1. The summed E-state index contributed by atoms with van der Waals surface area (Å²) in [4.78, 5) is 23.9. The maximum atomic E-state index is 12.1. The molecule has 1 aromatic carbocycles. The van der Waals surface area contributed by atoms with E-state index in [0.29, 0.717) is 19.1 Å². The molecule has 0 spiro atoms. The summed E-state index contributed by atoms with van der Waals surface area (Å²) < 4.78 is 9.87.